The van der Waals surface area contributed by atoms with Crippen LogP contribution in [0.3, 0.4) is 0 Å². The van der Waals surface area contributed by atoms with E-state index < -0.39 is 16.0 Å². The van der Waals surface area contributed by atoms with E-state index in [0.29, 0.717) is 27.3 Å². The van der Waals surface area contributed by atoms with Crippen LogP contribution in [0.1, 0.15) is 43.0 Å². The van der Waals surface area contributed by atoms with E-state index in [2.05, 4.69) is 0 Å². The molecule has 110 valence electrons. The predicted molar refractivity (Wildman–Crippen MR) is 85.2 cm³/mol. The highest BCUT2D eigenvalue weighted by atomic mass is 35.5. The van der Waals surface area contributed by atoms with Crippen molar-refractivity contribution in [2.24, 2.45) is 5.92 Å². The molecule has 5 heteroatoms. The topological polar surface area (TPSA) is 34.1 Å². The van der Waals surface area contributed by atoms with Crippen LogP contribution in [0.2, 0.25) is 10.0 Å². The lowest BCUT2D eigenvalue weighted by molar-refractivity contribution is 0.0993. The molecule has 1 fully saturated rings. The van der Waals surface area contributed by atoms with Crippen LogP contribution >= 0.6 is 23.2 Å². The van der Waals surface area contributed by atoms with Gasteiger partial charge in [-0.05, 0) is 43.9 Å². The zero-order valence-corrected chi connectivity index (χ0v) is 13.7. The summed E-state index contributed by atoms with van der Waals surface area (Å²) in [4.78, 5) is 12.4. The molecular formula is C15H18Cl2O2S. The van der Waals surface area contributed by atoms with Gasteiger partial charge < -0.3 is 0 Å². The third-order valence-corrected chi connectivity index (χ3v) is 6.19. The van der Waals surface area contributed by atoms with E-state index in [0.717, 1.165) is 12.8 Å². The van der Waals surface area contributed by atoms with Crippen LogP contribution in [0.25, 0.3) is 0 Å². The Morgan fingerprint density at radius 3 is 2.60 bits per heavy atom. The Kier molecular flexibility index (Phi) is 5.65. The molecule has 1 aliphatic rings. The van der Waals surface area contributed by atoms with E-state index in [4.69, 9.17) is 23.2 Å². The maximum Gasteiger partial charge on any atom is 0.179 e. The standard InChI is InChI=1S/C15H18Cl2O2S/c1-10(20(19)9-11-4-2-3-5-11)15(18)13-7-6-12(16)8-14(13)17/h6-8,10-11H,2-5,9H2,1H3. The van der Waals surface area contributed by atoms with Crippen molar-refractivity contribution in [1.29, 1.82) is 0 Å². The number of ketones is 1. The zero-order valence-electron chi connectivity index (χ0n) is 11.4. The number of rotatable bonds is 5. The number of carbonyl (C=O) groups excluding carboxylic acids is 1. The van der Waals surface area contributed by atoms with E-state index in [1.807, 2.05) is 0 Å². The molecule has 0 aliphatic heterocycles. The second-order valence-corrected chi connectivity index (χ2v) is 7.97. The Balaban J connectivity index is 2.05. The number of benzene rings is 1. The van der Waals surface area contributed by atoms with Crippen LogP contribution in [0.5, 0.6) is 0 Å². The van der Waals surface area contributed by atoms with Gasteiger partial charge in [0.25, 0.3) is 0 Å². The van der Waals surface area contributed by atoms with Gasteiger partial charge in [0.05, 0.1) is 10.3 Å². The van der Waals surface area contributed by atoms with Gasteiger partial charge in [-0.3, -0.25) is 9.00 Å². The molecule has 1 aromatic carbocycles. The Bertz CT molecular complexity index is 525. The summed E-state index contributed by atoms with van der Waals surface area (Å²) in [6.45, 7) is 1.72. The number of hydrogen-bond donors (Lipinski definition) is 0. The molecule has 0 heterocycles. The van der Waals surface area contributed by atoms with Gasteiger partial charge in [-0.2, -0.15) is 0 Å². The van der Waals surface area contributed by atoms with E-state index in [1.54, 1.807) is 25.1 Å². The van der Waals surface area contributed by atoms with Crippen LogP contribution < -0.4 is 0 Å². The summed E-state index contributed by atoms with van der Waals surface area (Å²) in [6, 6.07) is 4.78. The van der Waals surface area contributed by atoms with Gasteiger partial charge in [0.2, 0.25) is 0 Å². The average Bonchev–Trinajstić information content (AvgIpc) is 2.90. The van der Waals surface area contributed by atoms with Gasteiger partial charge >= 0.3 is 0 Å². The van der Waals surface area contributed by atoms with Crippen molar-refractivity contribution in [3.63, 3.8) is 0 Å². The molecule has 1 aliphatic carbocycles. The van der Waals surface area contributed by atoms with Crippen molar-refractivity contribution < 1.29 is 9.00 Å². The van der Waals surface area contributed by atoms with Gasteiger partial charge in [0, 0.05) is 27.1 Å². The molecule has 2 rings (SSSR count). The van der Waals surface area contributed by atoms with Crippen LogP contribution in [0, 0.1) is 5.92 Å². The molecule has 2 unspecified atom stereocenters. The van der Waals surface area contributed by atoms with Crippen LogP contribution in [-0.4, -0.2) is 21.0 Å². The lowest BCUT2D eigenvalue weighted by Gasteiger charge is -2.14. The molecule has 0 spiro atoms. The fourth-order valence-corrected chi connectivity index (χ4v) is 4.54. The van der Waals surface area contributed by atoms with Crippen molar-refractivity contribution >= 4 is 39.8 Å². The maximum absolute atomic E-state index is 12.4. The van der Waals surface area contributed by atoms with Gasteiger partial charge in [0.15, 0.2) is 5.78 Å². The average molecular weight is 333 g/mol. The normalized spacial score (nSPS) is 18.9. The van der Waals surface area contributed by atoms with Crippen molar-refractivity contribution in [1.82, 2.24) is 0 Å². The first-order valence-corrected chi connectivity index (χ1v) is 8.99. The minimum absolute atomic E-state index is 0.164. The second kappa shape index (κ2) is 7.06. The number of carbonyl (C=O) groups is 1. The third kappa shape index (κ3) is 3.84. The lowest BCUT2D eigenvalue weighted by Crippen LogP contribution is -2.26. The predicted octanol–water partition coefficient (Wildman–Crippen LogP) is 4.50. The molecule has 0 radical (unpaired) electrons. The largest absolute Gasteiger partial charge is 0.293 e. The molecular weight excluding hydrogens is 315 g/mol. The molecule has 2 atom stereocenters. The Hall–Kier alpha value is -0.380. The highest BCUT2D eigenvalue weighted by Gasteiger charge is 2.26. The fourth-order valence-electron chi connectivity index (χ4n) is 2.58. The Labute approximate surface area is 132 Å². The third-order valence-electron chi connectivity index (χ3n) is 3.83. The number of hydrogen-bond acceptors (Lipinski definition) is 2. The van der Waals surface area contributed by atoms with E-state index in [9.17, 15) is 9.00 Å². The summed E-state index contributed by atoms with van der Waals surface area (Å²) in [5, 5.41) is 0.299. The summed E-state index contributed by atoms with van der Waals surface area (Å²) in [7, 11) is -1.14. The summed E-state index contributed by atoms with van der Waals surface area (Å²) >= 11 is 11.9. The fraction of sp³-hybridized carbons (Fsp3) is 0.533. The first-order valence-electron chi connectivity index (χ1n) is 6.85. The molecule has 0 saturated heterocycles. The molecule has 1 saturated carbocycles. The van der Waals surface area contributed by atoms with E-state index in [-0.39, 0.29) is 5.78 Å². The van der Waals surface area contributed by atoms with Crippen molar-refractivity contribution in [2.45, 2.75) is 37.9 Å². The molecule has 0 amide bonds. The highest BCUT2D eigenvalue weighted by molar-refractivity contribution is 7.86. The van der Waals surface area contributed by atoms with Crippen LogP contribution in [0.15, 0.2) is 18.2 Å². The van der Waals surface area contributed by atoms with Crippen molar-refractivity contribution in [2.75, 3.05) is 5.75 Å². The van der Waals surface area contributed by atoms with Crippen LogP contribution in [0.4, 0.5) is 0 Å². The van der Waals surface area contributed by atoms with Gasteiger partial charge in [-0.1, -0.05) is 36.0 Å². The lowest BCUT2D eigenvalue weighted by atomic mass is 10.1. The summed E-state index contributed by atoms with van der Waals surface area (Å²) in [5.41, 5.74) is 0.406. The molecule has 0 bridgehead atoms. The van der Waals surface area contributed by atoms with Crippen molar-refractivity contribution in [3.05, 3.63) is 33.8 Å². The minimum Gasteiger partial charge on any atom is -0.293 e. The summed E-state index contributed by atoms with van der Waals surface area (Å²) < 4.78 is 12.3. The molecule has 2 nitrogen and oxygen atoms in total. The van der Waals surface area contributed by atoms with E-state index in [1.165, 1.54) is 12.8 Å². The summed E-state index contributed by atoms with van der Waals surface area (Å²) in [6.07, 6.45) is 4.70. The molecule has 1 aromatic rings. The van der Waals surface area contributed by atoms with Gasteiger partial charge in [-0.15, -0.1) is 0 Å². The SMILES string of the molecule is CC(C(=O)c1ccc(Cl)cc1Cl)S(=O)CC1CCCC1. The highest BCUT2D eigenvalue weighted by Crippen LogP contribution is 2.27. The molecule has 0 aromatic heterocycles. The maximum atomic E-state index is 12.4. The first-order chi connectivity index (χ1) is 9.49. The summed E-state index contributed by atoms with van der Waals surface area (Å²) in [5.74, 6) is 0.966. The minimum atomic E-state index is -1.14. The smallest absolute Gasteiger partial charge is 0.179 e. The second-order valence-electron chi connectivity index (χ2n) is 5.33. The molecule has 0 N–H and O–H groups in total. The first kappa shape index (κ1) is 16.0. The monoisotopic (exact) mass is 332 g/mol. The number of halogens is 2. The van der Waals surface area contributed by atoms with Crippen LogP contribution in [-0.2, 0) is 10.8 Å². The van der Waals surface area contributed by atoms with E-state index >= 15 is 0 Å². The molecule has 20 heavy (non-hydrogen) atoms. The van der Waals surface area contributed by atoms with Crippen molar-refractivity contribution in [3.8, 4) is 0 Å². The quantitative estimate of drug-likeness (QED) is 0.743. The Morgan fingerprint density at radius 1 is 1.35 bits per heavy atom. The Morgan fingerprint density at radius 2 is 2.00 bits per heavy atom. The van der Waals surface area contributed by atoms with Gasteiger partial charge in [-0.25, -0.2) is 0 Å². The van der Waals surface area contributed by atoms with Gasteiger partial charge in [0.1, 0.15) is 0 Å². The zero-order chi connectivity index (χ0) is 14.7. The number of Topliss-reactive ketones (excluding diaryl/α,β-unsaturated/α-hetero) is 1.